The van der Waals surface area contributed by atoms with Gasteiger partial charge in [-0.25, -0.2) is 8.42 Å². The van der Waals surface area contributed by atoms with E-state index in [4.69, 9.17) is 0 Å². The van der Waals surface area contributed by atoms with Gasteiger partial charge in [0.25, 0.3) is 0 Å². The zero-order valence-corrected chi connectivity index (χ0v) is 15.4. The molecule has 0 amide bonds. The molecule has 0 spiro atoms. The van der Waals surface area contributed by atoms with Gasteiger partial charge in [0.2, 0.25) is 0 Å². The Morgan fingerprint density at radius 3 is 2.14 bits per heavy atom. The highest BCUT2D eigenvalue weighted by molar-refractivity contribution is 7.91. The first-order valence-corrected chi connectivity index (χ1v) is 10.0. The van der Waals surface area contributed by atoms with Crippen LogP contribution in [0.2, 0.25) is 0 Å². The summed E-state index contributed by atoms with van der Waals surface area (Å²) in [6.45, 7) is 1.35. The molecule has 0 bridgehead atoms. The van der Waals surface area contributed by atoms with Crippen LogP contribution in [0.4, 0.5) is 17.6 Å². The van der Waals surface area contributed by atoms with Crippen molar-refractivity contribution < 1.29 is 35.9 Å². The van der Waals surface area contributed by atoms with Gasteiger partial charge in [-0.2, -0.15) is 17.6 Å². The number of hydrogen-bond donors (Lipinski definition) is 1. The number of rotatable bonds is 4. The zero-order valence-electron chi connectivity index (χ0n) is 14.6. The van der Waals surface area contributed by atoms with Gasteiger partial charge in [-0.15, -0.1) is 0 Å². The Bertz CT molecular complexity index is 1050. The summed E-state index contributed by atoms with van der Waals surface area (Å²) >= 11 is 0. The number of hydrogen-bond acceptors (Lipinski definition) is 3. The Morgan fingerprint density at radius 2 is 1.57 bits per heavy atom. The first kappa shape index (κ1) is 20.3. The van der Waals surface area contributed by atoms with E-state index < -0.39 is 56.7 Å². The number of carboxylic acids is 1. The summed E-state index contributed by atoms with van der Waals surface area (Å²) in [7, 11) is -3.82. The molecule has 1 N–H and O–H groups in total. The van der Waals surface area contributed by atoms with Crippen LogP contribution in [0.3, 0.4) is 0 Å². The molecular weight excluding hydrogens is 400 g/mol. The van der Waals surface area contributed by atoms with E-state index in [1.54, 1.807) is 0 Å². The smallest absolute Gasteiger partial charge is 0.340 e. The van der Waals surface area contributed by atoms with Gasteiger partial charge in [-0.05, 0) is 23.3 Å². The summed E-state index contributed by atoms with van der Waals surface area (Å²) < 4.78 is 83.8. The lowest BCUT2D eigenvalue weighted by molar-refractivity contribution is -0.223. The molecule has 0 aliphatic heterocycles. The Hall–Kier alpha value is -2.42. The molecule has 28 heavy (non-hydrogen) atoms. The Kier molecular flexibility index (Phi) is 4.77. The van der Waals surface area contributed by atoms with Crippen LogP contribution < -0.4 is 0 Å². The van der Waals surface area contributed by atoms with Crippen LogP contribution in [0.5, 0.6) is 0 Å². The van der Waals surface area contributed by atoms with Gasteiger partial charge in [0.1, 0.15) is 0 Å². The molecule has 2 aromatic carbocycles. The van der Waals surface area contributed by atoms with E-state index in [-0.39, 0.29) is 16.2 Å². The summed E-state index contributed by atoms with van der Waals surface area (Å²) in [6, 6.07) is 6.94. The van der Waals surface area contributed by atoms with Crippen molar-refractivity contribution in [3.8, 4) is 0 Å². The quantitative estimate of drug-likeness (QED) is 0.755. The summed E-state index contributed by atoms with van der Waals surface area (Å²) in [6.07, 6.45) is -0.744. The van der Waals surface area contributed by atoms with Crippen LogP contribution in [0.25, 0.3) is 0 Å². The first-order valence-electron chi connectivity index (χ1n) is 8.37. The molecule has 0 radical (unpaired) electrons. The number of aliphatic carboxylic acids is 1. The molecule has 0 aromatic heterocycles. The third-order valence-electron chi connectivity index (χ3n) is 4.92. The minimum Gasteiger partial charge on any atom is -0.481 e. The van der Waals surface area contributed by atoms with E-state index in [2.05, 4.69) is 0 Å². The molecule has 1 aliphatic carbocycles. The molecule has 0 heterocycles. The van der Waals surface area contributed by atoms with Crippen LogP contribution in [0.1, 0.15) is 41.5 Å². The number of benzene rings is 2. The van der Waals surface area contributed by atoms with Crippen LogP contribution in [0.15, 0.2) is 47.4 Å². The molecule has 150 valence electrons. The number of alkyl halides is 4. The largest absolute Gasteiger partial charge is 0.481 e. The maximum absolute atomic E-state index is 14.9. The molecule has 3 rings (SSSR count). The lowest BCUT2D eigenvalue weighted by Crippen LogP contribution is -2.35. The summed E-state index contributed by atoms with van der Waals surface area (Å²) in [4.78, 5) is 11.0. The van der Waals surface area contributed by atoms with Gasteiger partial charge < -0.3 is 5.11 Å². The second-order valence-corrected chi connectivity index (χ2v) is 8.82. The normalized spacial score (nSPS) is 20.0. The van der Waals surface area contributed by atoms with Gasteiger partial charge in [0, 0.05) is 17.0 Å². The molecule has 1 unspecified atom stereocenters. The van der Waals surface area contributed by atoms with Gasteiger partial charge in [-0.1, -0.05) is 37.3 Å². The minimum absolute atomic E-state index is 0.264. The number of halogens is 4. The van der Waals surface area contributed by atoms with Crippen molar-refractivity contribution in [1.82, 2.24) is 0 Å². The maximum Gasteiger partial charge on any atom is 0.340 e. The average molecular weight is 416 g/mol. The van der Waals surface area contributed by atoms with Crippen molar-refractivity contribution in [2.24, 2.45) is 0 Å². The lowest BCUT2D eigenvalue weighted by Gasteiger charge is -2.27. The van der Waals surface area contributed by atoms with Crippen molar-refractivity contribution in [2.45, 2.75) is 36.0 Å². The van der Waals surface area contributed by atoms with Crippen LogP contribution >= 0.6 is 0 Å². The van der Waals surface area contributed by atoms with Gasteiger partial charge >= 0.3 is 17.8 Å². The van der Waals surface area contributed by atoms with E-state index in [1.165, 1.54) is 25.1 Å². The van der Waals surface area contributed by atoms with Crippen molar-refractivity contribution >= 4 is 15.8 Å². The summed E-state index contributed by atoms with van der Waals surface area (Å²) in [5.74, 6) is -12.3. The predicted octanol–water partition coefficient (Wildman–Crippen LogP) is 4.28. The van der Waals surface area contributed by atoms with E-state index in [1.807, 2.05) is 0 Å². The summed E-state index contributed by atoms with van der Waals surface area (Å²) in [5, 5.41) is 9.25. The van der Waals surface area contributed by atoms with E-state index in [9.17, 15) is 35.9 Å². The number of sulfone groups is 1. The van der Waals surface area contributed by atoms with Crippen LogP contribution in [-0.2, 0) is 26.5 Å². The standard InChI is InChI=1S/C19H16F4O4S/c1-2-28(26,27)11-7-8-16-14(9-11)13(10-17(24)25)12-5-3-4-6-15(12)18(20,21)19(16,22)23/h3-9,13H,2,10H2,1H3,(H,24,25). The predicted molar refractivity (Wildman–Crippen MR) is 92.5 cm³/mol. The van der Waals surface area contributed by atoms with Crippen LogP contribution in [0, 0.1) is 0 Å². The monoisotopic (exact) mass is 416 g/mol. The number of carbonyl (C=O) groups is 1. The molecule has 0 saturated carbocycles. The molecule has 1 aliphatic rings. The van der Waals surface area contributed by atoms with E-state index in [0.717, 1.165) is 18.2 Å². The number of carboxylic acid groups (broad SMARTS) is 1. The fraction of sp³-hybridized carbons (Fsp3) is 0.316. The average Bonchev–Trinajstić information content (AvgIpc) is 2.69. The Morgan fingerprint density at radius 1 is 1.00 bits per heavy atom. The Balaban J connectivity index is 2.42. The molecule has 9 heteroatoms. The highest BCUT2D eigenvalue weighted by Crippen LogP contribution is 2.56. The SMILES string of the molecule is CCS(=O)(=O)c1ccc2c(c1)C(CC(=O)O)c1ccccc1C(F)(F)C2(F)F. The molecule has 1 atom stereocenters. The number of fused-ring (bicyclic) bond motifs is 2. The van der Waals surface area contributed by atoms with E-state index in [0.29, 0.717) is 6.07 Å². The molecule has 2 aromatic rings. The molecule has 0 fully saturated rings. The fourth-order valence-electron chi connectivity index (χ4n) is 3.46. The van der Waals surface area contributed by atoms with E-state index >= 15 is 0 Å². The second-order valence-electron chi connectivity index (χ2n) is 6.54. The fourth-order valence-corrected chi connectivity index (χ4v) is 4.38. The van der Waals surface area contributed by atoms with Crippen molar-refractivity contribution in [2.75, 3.05) is 5.75 Å². The lowest BCUT2D eigenvalue weighted by atomic mass is 9.85. The minimum atomic E-state index is -4.65. The first-order chi connectivity index (χ1) is 12.9. The highest BCUT2D eigenvalue weighted by atomic mass is 32.2. The molecule has 4 nitrogen and oxygen atoms in total. The van der Waals surface area contributed by atoms with Crippen molar-refractivity contribution in [1.29, 1.82) is 0 Å². The Labute approximate surface area is 158 Å². The highest BCUT2D eigenvalue weighted by Gasteiger charge is 2.62. The maximum atomic E-state index is 14.9. The summed E-state index contributed by atoms with van der Waals surface area (Å²) in [5.41, 5.74) is -2.73. The van der Waals surface area contributed by atoms with Crippen molar-refractivity contribution in [3.05, 3.63) is 64.7 Å². The van der Waals surface area contributed by atoms with Gasteiger partial charge in [0.15, 0.2) is 9.84 Å². The van der Waals surface area contributed by atoms with Gasteiger partial charge in [0.05, 0.1) is 17.1 Å². The third-order valence-corrected chi connectivity index (χ3v) is 6.66. The van der Waals surface area contributed by atoms with Crippen LogP contribution in [-0.4, -0.2) is 25.2 Å². The van der Waals surface area contributed by atoms with Gasteiger partial charge in [-0.3, -0.25) is 4.79 Å². The third kappa shape index (κ3) is 2.97. The second kappa shape index (κ2) is 6.58. The molecule has 0 saturated heterocycles. The molecular formula is C19H16F4O4S. The zero-order chi connectivity index (χ0) is 20.9. The topological polar surface area (TPSA) is 71.4 Å². The van der Waals surface area contributed by atoms with Crippen molar-refractivity contribution in [3.63, 3.8) is 0 Å².